The Hall–Kier alpha value is -1.11. The van der Waals surface area contributed by atoms with Gasteiger partial charge in [-0.25, -0.2) is 0 Å². The summed E-state index contributed by atoms with van der Waals surface area (Å²) in [4.78, 5) is 0. The maximum Gasteiger partial charge on any atom is 0.279 e. The highest BCUT2D eigenvalue weighted by Crippen LogP contribution is 2.14. The predicted octanol–water partition coefficient (Wildman–Crippen LogP) is 0.345. The first-order chi connectivity index (χ1) is 7.62. The van der Waals surface area contributed by atoms with E-state index in [0.29, 0.717) is 13.1 Å². The molecule has 0 unspecified atom stereocenters. The van der Waals surface area contributed by atoms with Crippen LogP contribution in [-0.2, 0) is 16.8 Å². The van der Waals surface area contributed by atoms with E-state index in [2.05, 4.69) is 4.72 Å². The van der Waals surface area contributed by atoms with Crippen molar-refractivity contribution >= 4 is 10.2 Å². The Balaban J connectivity index is 1.98. The van der Waals surface area contributed by atoms with Gasteiger partial charge in [-0.3, -0.25) is 0 Å². The van der Waals surface area contributed by atoms with E-state index in [0.717, 1.165) is 11.3 Å². The van der Waals surface area contributed by atoms with Crippen LogP contribution < -0.4 is 9.46 Å². The number of hydrogen-bond donors (Lipinski definition) is 1. The third kappa shape index (κ3) is 2.72. The van der Waals surface area contributed by atoms with E-state index in [9.17, 15) is 8.42 Å². The second-order valence-corrected chi connectivity index (χ2v) is 5.33. The molecule has 5 nitrogen and oxygen atoms in total. The second-order valence-electron chi connectivity index (χ2n) is 3.58. The van der Waals surface area contributed by atoms with E-state index in [1.54, 1.807) is 7.11 Å². The maximum atomic E-state index is 11.5. The Kier molecular flexibility index (Phi) is 3.13. The molecule has 1 aliphatic heterocycles. The highest BCUT2D eigenvalue weighted by molar-refractivity contribution is 7.87. The first kappa shape index (κ1) is 11.4. The fourth-order valence-corrected chi connectivity index (χ4v) is 2.42. The summed E-state index contributed by atoms with van der Waals surface area (Å²) < 4.78 is 32.0. The molecule has 1 aromatic rings. The summed E-state index contributed by atoms with van der Waals surface area (Å²) >= 11 is 0. The van der Waals surface area contributed by atoms with Gasteiger partial charge in [0.25, 0.3) is 10.2 Å². The number of nitrogens with zero attached hydrogens (tertiary/aromatic N) is 1. The molecule has 0 amide bonds. The smallest absolute Gasteiger partial charge is 0.279 e. The summed E-state index contributed by atoms with van der Waals surface area (Å²) in [5.74, 6) is 0.725. The highest BCUT2D eigenvalue weighted by atomic mass is 32.2. The standard InChI is InChI=1S/C10H14N2O3S/c1-15-10-4-2-3-9(7-10)8-11-16(13,14)12-5-6-12/h2-4,7,11H,5-6,8H2,1H3. The average Bonchev–Trinajstić information content (AvgIpc) is 3.11. The van der Waals surface area contributed by atoms with Gasteiger partial charge >= 0.3 is 0 Å². The number of ether oxygens (including phenoxy) is 1. The Morgan fingerprint density at radius 3 is 2.81 bits per heavy atom. The van der Waals surface area contributed by atoms with Crippen LogP contribution in [0.15, 0.2) is 24.3 Å². The van der Waals surface area contributed by atoms with Crippen LogP contribution in [0.3, 0.4) is 0 Å². The molecule has 0 aromatic heterocycles. The minimum absolute atomic E-state index is 0.288. The van der Waals surface area contributed by atoms with Crippen LogP contribution in [-0.4, -0.2) is 32.9 Å². The van der Waals surface area contributed by atoms with Gasteiger partial charge in [0.1, 0.15) is 5.75 Å². The van der Waals surface area contributed by atoms with Crippen molar-refractivity contribution in [3.8, 4) is 5.75 Å². The van der Waals surface area contributed by atoms with Crippen molar-refractivity contribution in [2.75, 3.05) is 20.2 Å². The van der Waals surface area contributed by atoms with Gasteiger partial charge in [0.2, 0.25) is 0 Å². The van der Waals surface area contributed by atoms with Crippen molar-refractivity contribution in [1.29, 1.82) is 0 Å². The van der Waals surface area contributed by atoms with Crippen LogP contribution in [0.2, 0.25) is 0 Å². The zero-order valence-electron chi connectivity index (χ0n) is 9.01. The monoisotopic (exact) mass is 242 g/mol. The van der Waals surface area contributed by atoms with Crippen LogP contribution in [0.5, 0.6) is 5.75 Å². The summed E-state index contributed by atoms with van der Waals surface area (Å²) in [6, 6.07) is 7.32. The second kappa shape index (κ2) is 4.40. The number of nitrogens with one attached hydrogen (secondary N) is 1. The van der Waals surface area contributed by atoms with Crippen molar-refractivity contribution in [1.82, 2.24) is 9.03 Å². The van der Waals surface area contributed by atoms with Gasteiger partial charge in [-0.1, -0.05) is 12.1 Å². The van der Waals surface area contributed by atoms with Gasteiger partial charge < -0.3 is 4.74 Å². The van der Waals surface area contributed by atoms with Gasteiger partial charge in [-0.15, -0.1) is 0 Å². The number of methoxy groups -OCH3 is 1. The van der Waals surface area contributed by atoms with Gasteiger partial charge in [0.05, 0.1) is 7.11 Å². The summed E-state index contributed by atoms with van der Waals surface area (Å²) in [5, 5.41) is 0. The van der Waals surface area contributed by atoms with E-state index >= 15 is 0 Å². The van der Waals surface area contributed by atoms with E-state index in [-0.39, 0.29) is 6.54 Å². The van der Waals surface area contributed by atoms with Crippen LogP contribution in [0.25, 0.3) is 0 Å². The van der Waals surface area contributed by atoms with Crippen LogP contribution >= 0.6 is 0 Å². The van der Waals surface area contributed by atoms with Crippen molar-refractivity contribution in [3.63, 3.8) is 0 Å². The maximum absolute atomic E-state index is 11.5. The Morgan fingerprint density at radius 2 is 2.19 bits per heavy atom. The number of benzene rings is 1. The molecule has 0 spiro atoms. The summed E-state index contributed by atoms with van der Waals surface area (Å²) in [6.45, 7) is 1.52. The lowest BCUT2D eigenvalue weighted by Gasteiger charge is -2.07. The van der Waals surface area contributed by atoms with Crippen LogP contribution in [0.1, 0.15) is 5.56 Å². The molecule has 2 rings (SSSR count). The fourth-order valence-electron chi connectivity index (χ4n) is 1.33. The molecule has 1 aliphatic rings. The quantitative estimate of drug-likeness (QED) is 0.758. The van der Waals surface area contributed by atoms with Crippen molar-refractivity contribution in [2.45, 2.75) is 6.54 Å². The zero-order chi connectivity index (χ0) is 11.6. The summed E-state index contributed by atoms with van der Waals surface area (Å²) in [5.41, 5.74) is 0.879. The van der Waals surface area contributed by atoms with Crippen molar-refractivity contribution < 1.29 is 13.2 Å². The van der Waals surface area contributed by atoms with Gasteiger partial charge in [-0.2, -0.15) is 17.4 Å². The molecule has 0 bridgehead atoms. The normalized spacial score (nSPS) is 16.1. The third-order valence-electron chi connectivity index (χ3n) is 2.34. The highest BCUT2D eigenvalue weighted by Gasteiger charge is 2.31. The molecule has 6 heteroatoms. The molecule has 1 saturated heterocycles. The van der Waals surface area contributed by atoms with Gasteiger partial charge in [0, 0.05) is 19.6 Å². The van der Waals surface area contributed by atoms with Crippen molar-refractivity contribution in [2.24, 2.45) is 0 Å². The summed E-state index contributed by atoms with van der Waals surface area (Å²) in [6.07, 6.45) is 0. The molecule has 16 heavy (non-hydrogen) atoms. The molecule has 0 atom stereocenters. The first-order valence-corrected chi connectivity index (χ1v) is 6.43. The topological polar surface area (TPSA) is 58.4 Å². The number of rotatable bonds is 5. The molecule has 0 aliphatic carbocycles. The number of hydrogen-bond acceptors (Lipinski definition) is 3. The van der Waals surface area contributed by atoms with E-state index in [1.807, 2.05) is 24.3 Å². The van der Waals surface area contributed by atoms with Crippen molar-refractivity contribution in [3.05, 3.63) is 29.8 Å². The molecule has 88 valence electrons. The Morgan fingerprint density at radius 1 is 1.44 bits per heavy atom. The summed E-state index contributed by atoms with van der Waals surface area (Å²) in [7, 11) is -1.68. The molecule has 1 N–H and O–H groups in total. The zero-order valence-corrected chi connectivity index (χ0v) is 9.83. The lowest BCUT2D eigenvalue weighted by atomic mass is 10.2. The van der Waals surface area contributed by atoms with Crippen LogP contribution in [0, 0.1) is 0 Å². The Labute approximate surface area is 95.2 Å². The fraction of sp³-hybridized carbons (Fsp3) is 0.400. The van der Waals surface area contributed by atoms with Gasteiger partial charge in [-0.05, 0) is 17.7 Å². The molecule has 1 heterocycles. The minimum Gasteiger partial charge on any atom is -0.497 e. The molecular weight excluding hydrogens is 228 g/mol. The van der Waals surface area contributed by atoms with E-state index < -0.39 is 10.2 Å². The molecular formula is C10H14N2O3S. The Bertz CT molecular complexity index is 469. The first-order valence-electron chi connectivity index (χ1n) is 4.99. The van der Waals surface area contributed by atoms with Gasteiger partial charge in [0.15, 0.2) is 0 Å². The average molecular weight is 242 g/mol. The van der Waals surface area contributed by atoms with E-state index in [1.165, 1.54) is 4.31 Å². The third-order valence-corrected chi connectivity index (χ3v) is 3.89. The largest absolute Gasteiger partial charge is 0.497 e. The lowest BCUT2D eigenvalue weighted by Crippen LogP contribution is -2.29. The van der Waals surface area contributed by atoms with Crippen LogP contribution in [0.4, 0.5) is 0 Å². The predicted molar refractivity (Wildman–Crippen MR) is 60.3 cm³/mol. The SMILES string of the molecule is COc1cccc(CNS(=O)(=O)N2CC2)c1. The molecule has 1 fully saturated rings. The molecule has 1 aromatic carbocycles. The molecule has 0 saturated carbocycles. The molecule has 0 radical (unpaired) electrons. The lowest BCUT2D eigenvalue weighted by molar-refractivity contribution is 0.414. The minimum atomic E-state index is -3.26. The van der Waals surface area contributed by atoms with E-state index in [4.69, 9.17) is 4.74 Å².